The van der Waals surface area contributed by atoms with E-state index in [1.165, 1.54) is 32.1 Å². The Balaban J connectivity index is 1.11. The van der Waals surface area contributed by atoms with Crippen LogP contribution >= 0.6 is 0 Å². The van der Waals surface area contributed by atoms with E-state index in [0.717, 1.165) is 38.6 Å². The van der Waals surface area contributed by atoms with Crippen molar-refractivity contribution in [1.82, 2.24) is 0 Å². The van der Waals surface area contributed by atoms with Gasteiger partial charge in [0.05, 0.1) is 43.0 Å². The minimum atomic E-state index is -0.875. The van der Waals surface area contributed by atoms with Crippen molar-refractivity contribution in [1.29, 1.82) is 0 Å². The van der Waals surface area contributed by atoms with E-state index < -0.39 is 29.3 Å². The van der Waals surface area contributed by atoms with E-state index in [-0.39, 0.29) is 59.6 Å². The van der Waals surface area contributed by atoms with Crippen molar-refractivity contribution in [2.24, 2.45) is 34.8 Å². The first-order valence-electron chi connectivity index (χ1n) is 17.0. The van der Waals surface area contributed by atoms with E-state index in [9.17, 15) is 14.7 Å². The lowest BCUT2D eigenvalue weighted by Gasteiger charge is -2.57. The Hall–Kier alpha value is -1.10. The molecule has 236 valence electrons. The van der Waals surface area contributed by atoms with E-state index in [1.54, 1.807) is 0 Å². The number of hydrogen-bond donors (Lipinski definition) is 3. The van der Waals surface area contributed by atoms with Crippen molar-refractivity contribution in [2.45, 2.75) is 158 Å². The summed E-state index contributed by atoms with van der Waals surface area (Å²) in [5, 5.41) is 14.0. The number of aliphatic hydroxyl groups is 1. The molecule has 7 fully saturated rings. The first-order chi connectivity index (χ1) is 20.0. The third-order valence-electron chi connectivity index (χ3n) is 12.7. The number of nitrogens with two attached hydrogens (primary N) is 2. The Morgan fingerprint density at radius 1 is 1.00 bits per heavy atom. The molecule has 7 rings (SSSR count). The molecule has 9 heteroatoms. The van der Waals surface area contributed by atoms with E-state index in [2.05, 4.69) is 5.32 Å². The molecule has 8 unspecified atom stereocenters. The van der Waals surface area contributed by atoms with Crippen molar-refractivity contribution >= 4 is 11.8 Å². The first kappa shape index (κ1) is 29.6. The topological polar surface area (TPSA) is 137 Å². The van der Waals surface area contributed by atoms with Gasteiger partial charge in [-0.25, -0.2) is 4.79 Å². The zero-order chi connectivity index (χ0) is 29.4. The quantitative estimate of drug-likeness (QED) is 0.337. The molecule has 0 radical (unpaired) electrons. The number of rotatable bonds is 3. The van der Waals surface area contributed by atoms with Gasteiger partial charge in [-0.3, -0.25) is 10.5 Å². The van der Waals surface area contributed by atoms with Crippen molar-refractivity contribution in [3.05, 3.63) is 0 Å². The molecule has 12 atom stereocenters. The van der Waals surface area contributed by atoms with Gasteiger partial charge < -0.3 is 29.4 Å². The van der Waals surface area contributed by atoms with Crippen molar-refractivity contribution < 1.29 is 39.0 Å². The maximum absolute atomic E-state index is 14.2. The SMILES string of the molecule is CC1CC(=O)C2C(CC3OC(C)(C)[C@@H]4OC(=O)[C@]5(CCCC[C@@H]4C3C2O)O[C@@H]5CC2(C3CC[NH2+]C(N)C3)CCCC2)O1. The summed E-state index contributed by atoms with van der Waals surface area (Å²) in [6.07, 6.45) is 10.2. The number of fused-ring (bicyclic) bond motifs is 4. The van der Waals surface area contributed by atoms with Gasteiger partial charge in [-0.2, -0.15) is 0 Å². The molecule has 5 aliphatic heterocycles. The van der Waals surface area contributed by atoms with Crippen LogP contribution in [0.15, 0.2) is 0 Å². The van der Waals surface area contributed by atoms with E-state index in [0.29, 0.717) is 25.2 Å². The number of carbonyl (C=O) groups is 2. The van der Waals surface area contributed by atoms with Crippen LogP contribution < -0.4 is 11.1 Å². The summed E-state index contributed by atoms with van der Waals surface area (Å²) >= 11 is 0. The van der Waals surface area contributed by atoms with Crippen LogP contribution in [0.1, 0.15) is 104 Å². The molecule has 9 nitrogen and oxygen atoms in total. The number of ether oxygens (including phenoxy) is 4. The second-order valence-corrected chi connectivity index (χ2v) is 15.7. The Bertz CT molecular complexity index is 1060. The molecule has 0 aromatic carbocycles. The summed E-state index contributed by atoms with van der Waals surface area (Å²) in [6.45, 7) is 7.02. The smallest absolute Gasteiger partial charge is 0.341 e. The third-order valence-corrected chi connectivity index (χ3v) is 12.7. The molecule has 7 aliphatic rings. The van der Waals surface area contributed by atoms with Gasteiger partial charge in [-0.1, -0.05) is 19.3 Å². The van der Waals surface area contributed by atoms with Gasteiger partial charge in [0.1, 0.15) is 23.7 Å². The number of quaternary nitrogens is 1. The Kier molecular flexibility index (Phi) is 7.59. The van der Waals surface area contributed by atoms with Gasteiger partial charge in [0.15, 0.2) is 5.60 Å². The number of aliphatic hydroxyl groups excluding tert-OH is 1. The zero-order valence-electron chi connectivity index (χ0n) is 25.8. The highest BCUT2D eigenvalue weighted by Crippen LogP contribution is 2.58. The number of esters is 1. The molecule has 2 aliphatic carbocycles. The van der Waals surface area contributed by atoms with Gasteiger partial charge in [-0.15, -0.1) is 0 Å². The summed E-state index contributed by atoms with van der Waals surface area (Å²) in [6, 6.07) is 0. The molecule has 42 heavy (non-hydrogen) atoms. The number of Topliss-reactive ketones (excluding diaryl/α,β-unsaturated/α-hetero) is 1. The summed E-state index contributed by atoms with van der Waals surface area (Å²) in [4.78, 5) is 27.2. The molecule has 2 saturated carbocycles. The molecule has 1 spiro atoms. The third kappa shape index (κ3) is 4.89. The fourth-order valence-electron chi connectivity index (χ4n) is 10.7. The first-order valence-corrected chi connectivity index (χ1v) is 17.0. The van der Waals surface area contributed by atoms with Crippen LogP contribution in [0.25, 0.3) is 0 Å². The number of hydrogen-bond acceptors (Lipinski definition) is 8. The van der Waals surface area contributed by atoms with Crippen molar-refractivity contribution in [2.75, 3.05) is 6.54 Å². The molecular formula is C33H53N2O7+. The van der Waals surface area contributed by atoms with Crippen molar-refractivity contribution in [3.8, 4) is 0 Å². The van der Waals surface area contributed by atoms with E-state index >= 15 is 0 Å². The number of epoxide rings is 1. The summed E-state index contributed by atoms with van der Waals surface area (Å²) in [7, 11) is 0. The highest BCUT2D eigenvalue weighted by atomic mass is 16.7. The Morgan fingerprint density at radius 3 is 2.52 bits per heavy atom. The van der Waals surface area contributed by atoms with E-state index in [1.807, 2.05) is 20.8 Å². The molecular weight excluding hydrogens is 536 g/mol. The Labute approximate surface area is 250 Å². The molecule has 0 bridgehead atoms. The second-order valence-electron chi connectivity index (χ2n) is 15.7. The molecule has 5 N–H and O–H groups in total. The number of ketones is 1. The van der Waals surface area contributed by atoms with Crippen LogP contribution in [0.3, 0.4) is 0 Å². The minimum Gasteiger partial charge on any atom is -0.457 e. The zero-order valence-corrected chi connectivity index (χ0v) is 25.8. The van der Waals surface area contributed by atoms with Crippen LogP contribution in [-0.2, 0) is 28.5 Å². The van der Waals surface area contributed by atoms with Gasteiger partial charge in [-0.05, 0) is 70.6 Å². The second kappa shape index (κ2) is 10.8. The van der Waals surface area contributed by atoms with Crippen LogP contribution in [0.5, 0.6) is 0 Å². The predicted molar refractivity (Wildman–Crippen MR) is 153 cm³/mol. The van der Waals surface area contributed by atoms with Gasteiger partial charge in [0.25, 0.3) is 0 Å². The lowest BCUT2D eigenvalue weighted by molar-refractivity contribution is -0.700. The number of piperidine rings is 1. The Morgan fingerprint density at radius 2 is 1.76 bits per heavy atom. The van der Waals surface area contributed by atoms with Crippen LogP contribution in [0.2, 0.25) is 0 Å². The predicted octanol–water partition coefficient (Wildman–Crippen LogP) is 2.36. The van der Waals surface area contributed by atoms with Crippen LogP contribution in [0.4, 0.5) is 0 Å². The summed E-state index contributed by atoms with van der Waals surface area (Å²) in [5.41, 5.74) is 4.99. The normalized spacial score (nSPS) is 50.0. The molecule has 5 heterocycles. The average molecular weight is 590 g/mol. The summed E-state index contributed by atoms with van der Waals surface area (Å²) in [5.74, 6) is -0.470. The standard InChI is InChI=1S/C33H52N2O7/c1-18-14-21(36)27-22(39-18)16-23-26(28(27)37)20-8-4-5-12-33(30(38)40-29(20)31(2,3)41-23)24(42-33)17-32(10-6-7-11-32)19-9-13-35-25(34)15-19/h18-20,22-29,35,37H,4-17,34H2,1-3H3/p+1/t18?,19?,20-,22?,23?,24-,25?,26?,27?,28?,29-,33-/m1/s1. The fraction of sp³-hybridized carbons (Fsp3) is 0.939. The highest BCUT2D eigenvalue weighted by molar-refractivity contribution is 5.84. The lowest BCUT2D eigenvalue weighted by Crippen LogP contribution is -2.95. The summed E-state index contributed by atoms with van der Waals surface area (Å²) < 4.78 is 25.8. The maximum Gasteiger partial charge on any atom is 0.341 e. The van der Waals surface area contributed by atoms with Gasteiger partial charge >= 0.3 is 5.97 Å². The van der Waals surface area contributed by atoms with Gasteiger partial charge in [0, 0.05) is 37.5 Å². The van der Waals surface area contributed by atoms with Crippen molar-refractivity contribution in [3.63, 3.8) is 0 Å². The highest BCUT2D eigenvalue weighted by Gasteiger charge is 2.68. The lowest BCUT2D eigenvalue weighted by atomic mass is 9.62. The van der Waals surface area contributed by atoms with Crippen LogP contribution in [0, 0.1) is 29.1 Å². The van der Waals surface area contributed by atoms with E-state index in [4.69, 9.17) is 24.7 Å². The fourth-order valence-corrected chi connectivity index (χ4v) is 10.7. The minimum absolute atomic E-state index is 0.0805. The molecule has 5 saturated heterocycles. The molecule has 0 aromatic heterocycles. The average Bonchev–Trinajstić information content (AvgIpc) is 3.36. The van der Waals surface area contributed by atoms with Crippen LogP contribution in [-0.4, -0.2) is 77.4 Å². The van der Waals surface area contributed by atoms with Gasteiger partial charge in [0.2, 0.25) is 0 Å². The maximum atomic E-state index is 14.2. The molecule has 0 aromatic rings. The largest absolute Gasteiger partial charge is 0.457 e. The molecule has 0 amide bonds. The monoisotopic (exact) mass is 589 g/mol. The number of carbonyl (C=O) groups excluding carboxylic acids is 2.